The van der Waals surface area contributed by atoms with Crippen LogP contribution in [0.3, 0.4) is 0 Å². The van der Waals surface area contributed by atoms with Gasteiger partial charge in [-0.05, 0) is 30.7 Å². The Balaban J connectivity index is 0.00000256. The third-order valence-electron chi connectivity index (χ3n) is 2.43. The molecule has 0 saturated carbocycles. The Kier molecular flexibility index (Phi) is 7.70. The number of halogens is 1. The third-order valence-corrected chi connectivity index (χ3v) is 2.43. The zero-order valence-electron chi connectivity index (χ0n) is 9.89. The minimum atomic E-state index is -0.664. The summed E-state index contributed by atoms with van der Waals surface area (Å²) in [6.07, 6.45) is 1.53. The normalized spacial score (nSPS) is 11.9. The zero-order chi connectivity index (χ0) is 12.0. The van der Waals surface area contributed by atoms with E-state index in [2.05, 4.69) is 12.2 Å². The van der Waals surface area contributed by atoms with Gasteiger partial charge in [-0.1, -0.05) is 19.4 Å². The van der Waals surface area contributed by atoms with Crippen LogP contribution in [0.4, 0.5) is 0 Å². The summed E-state index contributed by atoms with van der Waals surface area (Å²) in [5.74, 6) is -0.375. The molecule has 1 rings (SSSR count). The van der Waals surface area contributed by atoms with Gasteiger partial charge in [0, 0.05) is 6.54 Å². The van der Waals surface area contributed by atoms with Crippen LogP contribution in [0, 0.1) is 0 Å². The largest absolute Gasteiger partial charge is 0.504 e. The highest BCUT2D eigenvalue weighted by atomic mass is 35.5. The second kappa shape index (κ2) is 8.17. The van der Waals surface area contributed by atoms with Crippen molar-refractivity contribution in [2.75, 3.05) is 13.1 Å². The molecular formula is C12H20ClNO3. The lowest BCUT2D eigenvalue weighted by atomic mass is 10.1. The number of benzene rings is 1. The molecule has 0 aromatic heterocycles. The molecular weight excluding hydrogens is 242 g/mol. The van der Waals surface area contributed by atoms with Gasteiger partial charge in [0.05, 0.1) is 6.10 Å². The van der Waals surface area contributed by atoms with Crippen molar-refractivity contribution in [3.63, 3.8) is 0 Å². The number of rotatable bonds is 6. The van der Waals surface area contributed by atoms with Gasteiger partial charge in [-0.2, -0.15) is 0 Å². The van der Waals surface area contributed by atoms with Gasteiger partial charge in [0.15, 0.2) is 11.5 Å². The standard InChI is InChI=1S/C12H19NO3.ClH/c1-2-3-6-13-8-12(16)9-4-5-10(14)11(15)7-9;/h4-5,7,12-16H,2-3,6,8H2,1H3;1H. The van der Waals surface area contributed by atoms with E-state index < -0.39 is 6.10 Å². The lowest BCUT2D eigenvalue weighted by Crippen LogP contribution is -2.22. The van der Waals surface area contributed by atoms with Crippen molar-refractivity contribution in [1.29, 1.82) is 0 Å². The molecule has 0 saturated heterocycles. The highest BCUT2D eigenvalue weighted by molar-refractivity contribution is 5.85. The van der Waals surface area contributed by atoms with Gasteiger partial charge in [-0.3, -0.25) is 0 Å². The Morgan fingerprint density at radius 3 is 2.53 bits per heavy atom. The number of phenols is 2. The number of nitrogens with one attached hydrogen (secondary N) is 1. The number of hydrogen-bond donors (Lipinski definition) is 4. The number of aromatic hydroxyl groups is 2. The third kappa shape index (κ3) is 5.26. The summed E-state index contributed by atoms with van der Waals surface area (Å²) in [7, 11) is 0. The minimum absolute atomic E-state index is 0. The quantitative estimate of drug-likeness (QED) is 0.467. The number of phenolic OH excluding ortho intramolecular Hbond substituents is 2. The van der Waals surface area contributed by atoms with Crippen molar-refractivity contribution in [1.82, 2.24) is 5.32 Å². The van der Waals surface area contributed by atoms with Crippen LogP contribution in [-0.2, 0) is 0 Å². The van der Waals surface area contributed by atoms with Gasteiger partial charge in [0.1, 0.15) is 0 Å². The van der Waals surface area contributed by atoms with Gasteiger partial charge in [0.25, 0.3) is 0 Å². The second-order valence-corrected chi connectivity index (χ2v) is 3.82. The fourth-order valence-electron chi connectivity index (χ4n) is 1.41. The van der Waals surface area contributed by atoms with E-state index >= 15 is 0 Å². The summed E-state index contributed by atoms with van der Waals surface area (Å²) in [6, 6.07) is 4.35. The molecule has 0 radical (unpaired) electrons. The van der Waals surface area contributed by atoms with Crippen LogP contribution in [0.25, 0.3) is 0 Å². The summed E-state index contributed by atoms with van der Waals surface area (Å²) in [5, 5.41) is 31.3. The Morgan fingerprint density at radius 1 is 1.24 bits per heavy atom. The van der Waals surface area contributed by atoms with E-state index in [4.69, 9.17) is 5.11 Å². The molecule has 0 aliphatic carbocycles. The van der Waals surface area contributed by atoms with E-state index in [-0.39, 0.29) is 23.9 Å². The summed E-state index contributed by atoms with van der Waals surface area (Å²) in [5.41, 5.74) is 0.597. The van der Waals surface area contributed by atoms with Gasteiger partial charge in [-0.25, -0.2) is 0 Å². The molecule has 4 nitrogen and oxygen atoms in total. The van der Waals surface area contributed by atoms with Crippen molar-refractivity contribution in [2.24, 2.45) is 0 Å². The van der Waals surface area contributed by atoms with Crippen LogP contribution in [0.15, 0.2) is 18.2 Å². The minimum Gasteiger partial charge on any atom is -0.504 e. The Labute approximate surface area is 108 Å². The summed E-state index contributed by atoms with van der Waals surface area (Å²) in [6.45, 7) is 3.43. The molecule has 5 heteroatoms. The maximum absolute atomic E-state index is 9.78. The van der Waals surface area contributed by atoms with E-state index in [0.29, 0.717) is 12.1 Å². The molecule has 0 bridgehead atoms. The van der Waals surface area contributed by atoms with Crippen molar-refractivity contribution >= 4 is 12.4 Å². The number of hydrogen-bond acceptors (Lipinski definition) is 4. The highest BCUT2D eigenvalue weighted by Gasteiger charge is 2.09. The van der Waals surface area contributed by atoms with Crippen molar-refractivity contribution in [3.8, 4) is 11.5 Å². The molecule has 0 fully saturated rings. The van der Waals surface area contributed by atoms with Gasteiger partial charge < -0.3 is 20.6 Å². The SMILES string of the molecule is CCCCNCC(O)c1ccc(O)c(O)c1.Cl. The first-order valence-corrected chi connectivity index (χ1v) is 5.55. The van der Waals surface area contributed by atoms with Crippen LogP contribution < -0.4 is 5.32 Å². The Morgan fingerprint density at radius 2 is 1.94 bits per heavy atom. The summed E-state index contributed by atoms with van der Waals surface area (Å²) >= 11 is 0. The molecule has 17 heavy (non-hydrogen) atoms. The first-order valence-electron chi connectivity index (χ1n) is 5.55. The second-order valence-electron chi connectivity index (χ2n) is 3.82. The molecule has 0 amide bonds. The maximum Gasteiger partial charge on any atom is 0.157 e. The average molecular weight is 262 g/mol. The highest BCUT2D eigenvalue weighted by Crippen LogP contribution is 2.27. The smallest absolute Gasteiger partial charge is 0.157 e. The predicted octanol–water partition coefficient (Wildman–Crippen LogP) is 1.94. The number of aliphatic hydroxyl groups is 1. The lowest BCUT2D eigenvalue weighted by Gasteiger charge is -2.12. The van der Waals surface area contributed by atoms with Gasteiger partial charge in [-0.15, -0.1) is 12.4 Å². The van der Waals surface area contributed by atoms with Gasteiger partial charge in [0.2, 0.25) is 0 Å². The molecule has 1 aromatic rings. The first-order chi connectivity index (χ1) is 7.65. The lowest BCUT2D eigenvalue weighted by molar-refractivity contribution is 0.174. The van der Waals surface area contributed by atoms with Crippen LogP contribution in [0.2, 0.25) is 0 Å². The molecule has 0 aliphatic rings. The Bertz CT molecular complexity index is 334. The van der Waals surface area contributed by atoms with Crippen LogP contribution in [-0.4, -0.2) is 28.4 Å². The summed E-state index contributed by atoms with van der Waals surface area (Å²) in [4.78, 5) is 0. The monoisotopic (exact) mass is 261 g/mol. The van der Waals surface area contributed by atoms with E-state index in [1.807, 2.05) is 0 Å². The average Bonchev–Trinajstić information content (AvgIpc) is 2.28. The van der Waals surface area contributed by atoms with Crippen LogP contribution in [0.5, 0.6) is 11.5 Å². The Hall–Kier alpha value is -0.970. The van der Waals surface area contributed by atoms with Gasteiger partial charge >= 0.3 is 0 Å². The van der Waals surface area contributed by atoms with Crippen molar-refractivity contribution in [2.45, 2.75) is 25.9 Å². The predicted molar refractivity (Wildman–Crippen MR) is 69.8 cm³/mol. The molecule has 0 aliphatic heterocycles. The fourth-order valence-corrected chi connectivity index (χ4v) is 1.41. The molecule has 98 valence electrons. The summed E-state index contributed by atoms with van der Waals surface area (Å²) < 4.78 is 0. The first kappa shape index (κ1) is 16.0. The van der Waals surface area contributed by atoms with Crippen LogP contribution >= 0.6 is 12.4 Å². The maximum atomic E-state index is 9.78. The molecule has 0 spiro atoms. The van der Waals surface area contributed by atoms with Crippen molar-refractivity contribution < 1.29 is 15.3 Å². The number of aliphatic hydroxyl groups excluding tert-OH is 1. The van der Waals surface area contributed by atoms with E-state index in [0.717, 1.165) is 19.4 Å². The fraction of sp³-hybridized carbons (Fsp3) is 0.500. The molecule has 1 atom stereocenters. The molecule has 4 N–H and O–H groups in total. The molecule has 1 unspecified atom stereocenters. The molecule has 0 heterocycles. The number of unbranched alkanes of at least 4 members (excludes halogenated alkanes) is 1. The van der Waals surface area contributed by atoms with E-state index in [1.54, 1.807) is 6.07 Å². The van der Waals surface area contributed by atoms with Crippen molar-refractivity contribution in [3.05, 3.63) is 23.8 Å². The zero-order valence-corrected chi connectivity index (χ0v) is 10.7. The van der Waals surface area contributed by atoms with Crippen LogP contribution in [0.1, 0.15) is 31.4 Å². The van der Waals surface area contributed by atoms with E-state index in [1.165, 1.54) is 12.1 Å². The topological polar surface area (TPSA) is 72.7 Å². The van der Waals surface area contributed by atoms with E-state index in [9.17, 15) is 10.2 Å². The molecule has 1 aromatic carbocycles.